The van der Waals surface area contributed by atoms with E-state index in [1.165, 1.54) is 0 Å². The molecular formula is C18H24N2O4. The summed E-state index contributed by atoms with van der Waals surface area (Å²) < 4.78 is 0. The fourth-order valence-electron chi connectivity index (χ4n) is 2.19. The van der Waals surface area contributed by atoms with Crippen molar-refractivity contribution in [3.63, 3.8) is 0 Å². The predicted molar refractivity (Wildman–Crippen MR) is 89.4 cm³/mol. The van der Waals surface area contributed by atoms with Crippen molar-refractivity contribution in [3.8, 4) is 0 Å². The monoisotopic (exact) mass is 332 g/mol. The number of rotatable bonds is 6. The Morgan fingerprint density at radius 2 is 1.67 bits per heavy atom. The van der Waals surface area contributed by atoms with Gasteiger partial charge in [0.15, 0.2) is 0 Å². The van der Waals surface area contributed by atoms with E-state index in [1.807, 2.05) is 20.8 Å². The number of benzene rings is 1. The summed E-state index contributed by atoms with van der Waals surface area (Å²) in [6, 6.07) is 6.91. The van der Waals surface area contributed by atoms with Crippen molar-refractivity contribution in [1.82, 2.24) is 10.6 Å². The molecule has 0 saturated heterocycles. The zero-order valence-electron chi connectivity index (χ0n) is 14.3. The van der Waals surface area contributed by atoms with Crippen LogP contribution in [0.15, 0.2) is 24.3 Å². The lowest BCUT2D eigenvalue weighted by Crippen LogP contribution is -2.34. The van der Waals surface area contributed by atoms with Gasteiger partial charge in [0.2, 0.25) is 5.91 Å². The highest BCUT2D eigenvalue weighted by atomic mass is 16.4. The van der Waals surface area contributed by atoms with Crippen molar-refractivity contribution in [2.24, 2.45) is 10.8 Å². The molecule has 3 N–H and O–H groups in total. The lowest BCUT2D eigenvalue weighted by atomic mass is 9.95. The molecule has 130 valence electrons. The Morgan fingerprint density at radius 3 is 2.12 bits per heavy atom. The molecule has 0 bridgehead atoms. The van der Waals surface area contributed by atoms with E-state index in [1.54, 1.807) is 24.3 Å². The highest BCUT2D eigenvalue weighted by molar-refractivity contribution is 5.94. The Morgan fingerprint density at radius 1 is 1.08 bits per heavy atom. The highest BCUT2D eigenvalue weighted by Gasteiger charge is 2.50. The van der Waals surface area contributed by atoms with Crippen LogP contribution in [0.4, 0.5) is 0 Å². The molecule has 1 saturated carbocycles. The Bertz CT molecular complexity index is 640. The Balaban J connectivity index is 1.86. The minimum atomic E-state index is -0.854. The first kappa shape index (κ1) is 18.0. The normalized spacial score (nSPS) is 15.5. The molecule has 0 atom stereocenters. The maximum absolute atomic E-state index is 12.1. The van der Waals surface area contributed by atoms with E-state index in [9.17, 15) is 14.4 Å². The van der Waals surface area contributed by atoms with Crippen LogP contribution in [0.1, 0.15) is 49.5 Å². The quantitative estimate of drug-likeness (QED) is 0.742. The molecule has 1 fully saturated rings. The lowest BCUT2D eigenvalue weighted by molar-refractivity contribution is -0.143. The van der Waals surface area contributed by atoms with Crippen LogP contribution in [0.25, 0.3) is 0 Å². The summed E-state index contributed by atoms with van der Waals surface area (Å²) in [5, 5.41) is 14.6. The van der Waals surface area contributed by atoms with Crippen LogP contribution >= 0.6 is 0 Å². The van der Waals surface area contributed by atoms with Crippen molar-refractivity contribution in [2.75, 3.05) is 6.54 Å². The van der Waals surface area contributed by atoms with E-state index in [2.05, 4.69) is 10.6 Å². The number of nitrogens with one attached hydrogen (secondary N) is 2. The van der Waals surface area contributed by atoms with Gasteiger partial charge >= 0.3 is 5.97 Å². The maximum Gasteiger partial charge on any atom is 0.311 e. The molecule has 0 aliphatic heterocycles. The zero-order valence-corrected chi connectivity index (χ0v) is 14.3. The number of hydrogen-bond donors (Lipinski definition) is 3. The van der Waals surface area contributed by atoms with Gasteiger partial charge in [0.05, 0.1) is 5.41 Å². The summed E-state index contributed by atoms with van der Waals surface area (Å²) in [5.74, 6) is -1.17. The van der Waals surface area contributed by atoms with Crippen LogP contribution in [0.5, 0.6) is 0 Å². The van der Waals surface area contributed by atoms with Crippen molar-refractivity contribution < 1.29 is 19.5 Å². The number of carboxylic acid groups (broad SMARTS) is 1. The second kappa shape index (κ2) is 6.63. The highest BCUT2D eigenvalue weighted by Crippen LogP contribution is 2.45. The first-order chi connectivity index (χ1) is 11.1. The fourth-order valence-corrected chi connectivity index (χ4v) is 2.19. The van der Waals surface area contributed by atoms with Gasteiger partial charge in [-0.25, -0.2) is 0 Å². The van der Waals surface area contributed by atoms with Gasteiger partial charge in [-0.3, -0.25) is 14.4 Å². The third-order valence-corrected chi connectivity index (χ3v) is 4.24. The molecule has 0 aromatic heterocycles. The predicted octanol–water partition coefficient (Wildman–Crippen LogP) is 1.94. The van der Waals surface area contributed by atoms with Crippen molar-refractivity contribution in [3.05, 3.63) is 35.4 Å². The smallest absolute Gasteiger partial charge is 0.311 e. The second-order valence-electron chi connectivity index (χ2n) is 7.40. The zero-order chi connectivity index (χ0) is 18.0. The van der Waals surface area contributed by atoms with Crippen molar-refractivity contribution in [1.29, 1.82) is 0 Å². The van der Waals surface area contributed by atoms with Gasteiger partial charge in [-0.1, -0.05) is 32.9 Å². The maximum atomic E-state index is 12.1. The first-order valence-corrected chi connectivity index (χ1v) is 8.03. The number of carbonyl (C=O) groups excluding carboxylic acids is 2. The Labute approximate surface area is 141 Å². The lowest BCUT2D eigenvalue weighted by Gasteiger charge is -2.17. The third kappa shape index (κ3) is 4.34. The van der Waals surface area contributed by atoms with E-state index in [-0.39, 0.29) is 18.4 Å². The summed E-state index contributed by atoms with van der Waals surface area (Å²) in [5.41, 5.74) is 0.158. The average Bonchev–Trinajstić information content (AvgIpc) is 3.31. The van der Waals surface area contributed by atoms with Crippen molar-refractivity contribution in [2.45, 2.75) is 40.2 Å². The van der Waals surface area contributed by atoms with Crippen LogP contribution in [-0.4, -0.2) is 29.4 Å². The molecule has 6 heteroatoms. The summed E-state index contributed by atoms with van der Waals surface area (Å²) in [6.07, 6.45) is 1.21. The molecule has 1 aliphatic carbocycles. The molecule has 0 spiro atoms. The molecule has 1 aromatic rings. The minimum absolute atomic E-state index is 0.0345. The number of carboxylic acids is 1. The Hall–Kier alpha value is -2.37. The number of hydrogen-bond acceptors (Lipinski definition) is 3. The van der Waals surface area contributed by atoms with Gasteiger partial charge in [0.25, 0.3) is 5.91 Å². The SMILES string of the molecule is CC(C)(C)C(=O)NCc1ccc(C(=O)NCC2(C(=O)O)CC2)cc1. The van der Waals surface area contributed by atoms with Crippen LogP contribution in [-0.2, 0) is 16.1 Å². The summed E-state index contributed by atoms with van der Waals surface area (Å²) in [4.78, 5) is 35.0. The van der Waals surface area contributed by atoms with Gasteiger partial charge in [-0.15, -0.1) is 0 Å². The molecule has 6 nitrogen and oxygen atoms in total. The third-order valence-electron chi connectivity index (χ3n) is 4.24. The topological polar surface area (TPSA) is 95.5 Å². The van der Waals surface area contributed by atoms with Gasteiger partial charge in [0, 0.05) is 24.1 Å². The molecule has 1 aliphatic rings. The molecule has 0 unspecified atom stereocenters. The molecule has 24 heavy (non-hydrogen) atoms. The number of amides is 2. The van der Waals surface area contributed by atoms with E-state index in [0.29, 0.717) is 24.9 Å². The number of aliphatic carboxylic acids is 1. The molecule has 2 amide bonds. The second-order valence-corrected chi connectivity index (χ2v) is 7.40. The van der Waals surface area contributed by atoms with Gasteiger partial charge in [-0.05, 0) is 30.5 Å². The minimum Gasteiger partial charge on any atom is -0.481 e. The van der Waals surface area contributed by atoms with E-state index < -0.39 is 16.8 Å². The largest absolute Gasteiger partial charge is 0.481 e. The molecule has 0 heterocycles. The fraction of sp³-hybridized carbons (Fsp3) is 0.500. The van der Waals surface area contributed by atoms with Crippen LogP contribution in [0.3, 0.4) is 0 Å². The summed E-state index contributed by atoms with van der Waals surface area (Å²) in [6.45, 7) is 6.10. The van der Waals surface area contributed by atoms with Gasteiger partial charge < -0.3 is 15.7 Å². The molecule has 0 radical (unpaired) electrons. The first-order valence-electron chi connectivity index (χ1n) is 8.03. The summed E-state index contributed by atoms with van der Waals surface area (Å²) in [7, 11) is 0. The van der Waals surface area contributed by atoms with Gasteiger partial charge in [0.1, 0.15) is 0 Å². The molecular weight excluding hydrogens is 308 g/mol. The molecule has 1 aromatic carbocycles. The van der Waals surface area contributed by atoms with E-state index in [4.69, 9.17) is 5.11 Å². The standard InChI is InChI=1S/C18H24N2O4/c1-17(2,3)15(22)19-10-12-4-6-13(7-5-12)14(21)20-11-18(8-9-18)16(23)24/h4-7H,8-11H2,1-3H3,(H,19,22)(H,20,21)(H,23,24). The van der Waals surface area contributed by atoms with E-state index in [0.717, 1.165) is 5.56 Å². The van der Waals surface area contributed by atoms with Crippen LogP contribution < -0.4 is 10.6 Å². The molecule has 2 rings (SSSR count). The van der Waals surface area contributed by atoms with Gasteiger partial charge in [-0.2, -0.15) is 0 Å². The number of carbonyl (C=O) groups is 3. The van der Waals surface area contributed by atoms with E-state index >= 15 is 0 Å². The average molecular weight is 332 g/mol. The Kier molecular flexibility index (Phi) is 4.96. The van der Waals surface area contributed by atoms with Crippen LogP contribution in [0, 0.1) is 10.8 Å². The van der Waals surface area contributed by atoms with Crippen LogP contribution in [0.2, 0.25) is 0 Å². The summed E-state index contributed by atoms with van der Waals surface area (Å²) >= 11 is 0. The van der Waals surface area contributed by atoms with Crippen molar-refractivity contribution >= 4 is 17.8 Å².